The minimum absolute atomic E-state index is 0.0587. The molecule has 5 nitrogen and oxygen atoms in total. The van der Waals surface area contributed by atoms with Gasteiger partial charge in [0.05, 0.1) is 12.2 Å². The summed E-state index contributed by atoms with van der Waals surface area (Å²) in [6, 6.07) is 5.80. The van der Waals surface area contributed by atoms with Gasteiger partial charge in [0.15, 0.2) is 0 Å². The van der Waals surface area contributed by atoms with Crippen LogP contribution < -0.4 is 0 Å². The summed E-state index contributed by atoms with van der Waals surface area (Å²) in [5.41, 5.74) is 0.341. The van der Waals surface area contributed by atoms with E-state index >= 15 is 0 Å². The number of hydrogen-bond donors (Lipinski definition) is 2. The van der Waals surface area contributed by atoms with Crippen LogP contribution in [0.25, 0.3) is 0 Å². The number of carbonyl (C=O) groups excluding carboxylic acids is 1. The summed E-state index contributed by atoms with van der Waals surface area (Å²) in [7, 11) is 0. The van der Waals surface area contributed by atoms with E-state index in [0.29, 0.717) is 6.54 Å². The molecular formula is C13H15NO4. The van der Waals surface area contributed by atoms with Gasteiger partial charge in [-0.1, -0.05) is 12.1 Å². The highest BCUT2D eigenvalue weighted by atomic mass is 16.4. The maximum atomic E-state index is 12.1. The molecule has 1 aromatic rings. The Balaban J connectivity index is 2.96. The van der Waals surface area contributed by atoms with Gasteiger partial charge in [-0.15, -0.1) is 6.58 Å². The van der Waals surface area contributed by atoms with Crippen LogP contribution in [0.3, 0.4) is 0 Å². The lowest BCUT2D eigenvalue weighted by Gasteiger charge is -2.20. The zero-order valence-corrected chi connectivity index (χ0v) is 9.87. The molecule has 1 rings (SSSR count). The Kier molecular flexibility index (Phi) is 5.07. The first-order valence-corrected chi connectivity index (χ1v) is 5.44. The van der Waals surface area contributed by atoms with Crippen LogP contribution in [0.1, 0.15) is 20.7 Å². The SMILES string of the molecule is C=CCN(CCO)C(=O)c1cccc(C(=O)O)c1. The van der Waals surface area contributed by atoms with Gasteiger partial charge < -0.3 is 15.1 Å². The molecule has 0 aliphatic heterocycles. The van der Waals surface area contributed by atoms with Crippen molar-refractivity contribution in [1.82, 2.24) is 4.90 Å². The standard InChI is InChI=1S/C13H15NO4/c1-2-6-14(7-8-15)12(16)10-4-3-5-11(9-10)13(17)18/h2-5,9,15H,1,6-8H2,(H,17,18). The minimum Gasteiger partial charge on any atom is -0.478 e. The number of aromatic carboxylic acids is 1. The fourth-order valence-electron chi connectivity index (χ4n) is 1.52. The van der Waals surface area contributed by atoms with Crippen LogP contribution in [0.5, 0.6) is 0 Å². The quantitative estimate of drug-likeness (QED) is 0.737. The highest BCUT2D eigenvalue weighted by molar-refractivity contribution is 5.97. The van der Waals surface area contributed by atoms with Gasteiger partial charge in [-0.05, 0) is 18.2 Å². The molecule has 0 saturated heterocycles. The molecule has 0 bridgehead atoms. The first kappa shape index (κ1) is 13.9. The van der Waals surface area contributed by atoms with Gasteiger partial charge >= 0.3 is 5.97 Å². The van der Waals surface area contributed by atoms with Gasteiger partial charge in [0.2, 0.25) is 0 Å². The summed E-state index contributed by atoms with van der Waals surface area (Å²) in [5, 5.41) is 17.7. The number of hydrogen-bond acceptors (Lipinski definition) is 3. The van der Waals surface area contributed by atoms with Crippen molar-refractivity contribution in [3.05, 3.63) is 48.0 Å². The number of nitrogens with zero attached hydrogens (tertiary/aromatic N) is 1. The number of carboxylic acids is 1. The van der Waals surface area contributed by atoms with E-state index < -0.39 is 5.97 Å². The lowest BCUT2D eigenvalue weighted by molar-refractivity contribution is 0.0697. The van der Waals surface area contributed by atoms with Crippen LogP contribution in [0.4, 0.5) is 0 Å². The van der Waals surface area contributed by atoms with Crippen LogP contribution in [-0.4, -0.2) is 46.7 Å². The maximum absolute atomic E-state index is 12.1. The van der Waals surface area contributed by atoms with Gasteiger partial charge in [0, 0.05) is 18.7 Å². The van der Waals surface area contributed by atoms with E-state index in [1.807, 2.05) is 0 Å². The fourth-order valence-corrected chi connectivity index (χ4v) is 1.52. The van der Waals surface area contributed by atoms with E-state index in [1.54, 1.807) is 12.1 Å². The van der Waals surface area contributed by atoms with E-state index in [2.05, 4.69) is 6.58 Å². The van der Waals surface area contributed by atoms with Crippen LogP contribution >= 0.6 is 0 Å². The zero-order valence-electron chi connectivity index (χ0n) is 9.87. The third kappa shape index (κ3) is 3.43. The van der Waals surface area contributed by atoms with E-state index in [4.69, 9.17) is 10.2 Å². The molecule has 0 aliphatic carbocycles. The molecule has 96 valence electrons. The van der Waals surface area contributed by atoms with Gasteiger partial charge in [-0.3, -0.25) is 4.79 Å². The molecule has 2 N–H and O–H groups in total. The van der Waals surface area contributed by atoms with E-state index in [0.717, 1.165) is 0 Å². The average molecular weight is 249 g/mol. The average Bonchev–Trinajstić information content (AvgIpc) is 2.38. The lowest BCUT2D eigenvalue weighted by Crippen LogP contribution is -2.33. The van der Waals surface area contributed by atoms with Gasteiger partial charge in [0.1, 0.15) is 0 Å². The second-order valence-electron chi connectivity index (χ2n) is 3.65. The third-order valence-electron chi connectivity index (χ3n) is 2.36. The summed E-state index contributed by atoms with van der Waals surface area (Å²) >= 11 is 0. The predicted octanol–water partition coefficient (Wildman–Crippen LogP) is 1.01. The highest BCUT2D eigenvalue weighted by Crippen LogP contribution is 2.09. The van der Waals surface area contributed by atoms with Crippen molar-refractivity contribution in [3.8, 4) is 0 Å². The Hall–Kier alpha value is -2.14. The number of amides is 1. The largest absolute Gasteiger partial charge is 0.478 e. The third-order valence-corrected chi connectivity index (χ3v) is 2.36. The summed E-state index contributed by atoms with van der Waals surface area (Å²) in [5.74, 6) is -1.41. The van der Waals surface area contributed by atoms with Crippen molar-refractivity contribution in [1.29, 1.82) is 0 Å². The minimum atomic E-state index is -1.08. The molecule has 0 fully saturated rings. The fraction of sp³-hybridized carbons (Fsp3) is 0.231. The monoisotopic (exact) mass is 249 g/mol. The first-order valence-electron chi connectivity index (χ1n) is 5.44. The number of aliphatic hydroxyl groups is 1. The Labute approximate surface area is 105 Å². The second-order valence-corrected chi connectivity index (χ2v) is 3.65. The molecule has 1 aromatic carbocycles. The van der Waals surface area contributed by atoms with E-state index in [1.165, 1.54) is 23.1 Å². The van der Waals surface area contributed by atoms with Crippen molar-refractivity contribution in [2.75, 3.05) is 19.7 Å². The number of aliphatic hydroxyl groups excluding tert-OH is 1. The molecule has 0 saturated carbocycles. The summed E-state index contributed by atoms with van der Waals surface area (Å²) < 4.78 is 0. The Morgan fingerprint density at radius 1 is 1.33 bits per heavy atom. The predicted molar refractivity (Wildman–Crippen MR) is 66.6 cm³/mol. The normalized spacial score (nSPS) is 9.83. The maximum Gasteiger partial charge on any atom is 0.335 e. The Bertz CT molecular complexity index is 456. The van der Waals surface area contributed by atoms with Crippen LogP contribution in [0, 0.1) is 0 Å². The highest BCUT2D eigenvalue weighted by Gasteiger charge is 2.15. The van der Waals surface area contributed by atoms with Gasteiger partial charge in [-0.2, -0.15) is 0 Å². The van der Waals surface area contributed by atoms with Crippen molar-refractivity contribution >= 4 is 11.9 Å². The van der Waals surface area contributed by atoms with Crippen molar-refractivity contribution in [2.45, 2.75) is 0 Å². The molecule has 0 aromatic heterocycles. The van der Waals surface area contributed by atoms with Gasteiger partial charge in [-0.25, -0.2) is 4.79 Å². The smallest absolute Gasteiger partial charge is 0.335 e. The molecular weight excluding hydrogens is 234 g/mol. The number of carbonyl (C=O) groups is 2. The lowest BCUT2D eigenvalue weighted by atomic mass is 10.1. The van der Waals surface area contributed by atoms with Crippen LogP contribution in [0.2, 0.25) is 0 Å². The number of carboxylic acid groups (broad SMARTS) is 1. The Morgan fingerprint density at radius 2 is 2.00 bits per heavy atom. The molecule has 0 aliphatic rings. The van der Waals surface area contributed by atoms with Gasteiger partial charge in [0.25, 0.3) is 5.91 Å². The number of rotatable bonds is 6. The van der Waals surface area contributed by atoms with Crippen molar-refractivity contribution < 1.29 is 19.8 Å². The molecule has 5 heteroatoms. The molecule has 18 heavy (non-hydrogen) atoms. The summed E-state index contributed by atoms with van der Waals surface area (Å²) in [6.07, 6.45) is 1.55. The number of benzene rings is 1. The topological polar surface area (TPSA) is 77.8 Å². The van der Waals surface area contributed by atoms with Crippen LogP contribution in [-0.2, 0) is 0 Å². The molecule has 0 spiro atoms. The second kappa shape index (κ2) is 6.56. The molecule has 0 radical (unpaired) electrons. The zero-order chi connectivity index (χ0) is 13.5. The van der Waals surface area contributed by atoms with Crippen LogP contribution in [0.15, 0.2) is 36.9 Å². The summed E-state index contributed by atoms with van der Waals surface area (Å²) in [4.78, 5) is 24.3. The first-order chi connectivity index (χ1) is 8.60. The molecule has 0 atom stereocenters. The molecule has 1 amide bonds. The van der Waals surface area contributed by atoms with Crippen molar-refractivity contribution in [2.24, 2.45) is 0 Å². The van der Waals surface area contributed by atoms with Crippen molar-refractivity contribution in [3.63, 3.8) is 0 Å². The van der Waals surface area contributed by atoms with E-state index in [-0.39, 0.29) is 30.2 Å². The molecule has 0 unspecified atom stereocenters. The molecule has 0 heterocycles. The Morgan fingerprint density at radius 3 is 2.56 bits per heavy atom. The summed E-state index contributed by atoms with van der Waals surface area (Å²) in [6.45, 7) is 3.87. The van der Waals surface area contributed by atoms with E-state index in [9.17, 15) is 9.59 Å².